The van der Waals surface area contributed by atoms with Crippen LogP contribution in [0.4, 0.5) is 0 Å². The highest BCUT2D eigenvalue weighted by Gasteiger charge is 2.17. The van der Waals surface area contributed by atoms with E-state index in [1.807, 2.05) is 0 Å². The molecule has 0 aliphatic carbocycles. The van der Waals surface area contributed by atoms with Gasteiger partial charge in [0, 0.05) is 12.1 Å². The normalized spacial score (nSPS) is 10.1. The summed E-state index contributed by atoms with van der Waals surface area (Å²) >= 11 is 0. The highest BCUT2D eigenvalue weighted by molar-refractivity contribution is 5.98. The average molecular weight is 416 g/mol. The Hall–Kier alpha value is -3.82. The Labute approximate surface area is 173 Å². The molecule has 158 valence electrons. The Morgan fingerprint density at radius 2 is 1.17 bits per heavy atom. The number of nitrogens with one attached hydrogen (secondary N) is 2. The van der Waals surface area contributed by atoms with Crippen LogP contribution in [0.3, 0.4) is 0 Å². The van der Waals surface area contributed by atoms with Crippen LogP contribution in [0.25, 0.3) is 0 Å². The van der Waals surface area contributed by atoms with Crippen molar-refractivity contribution in [3.05, 3.63) is 60.2 Å². The maximum atomic E-state index is 12.3. The van der Waals surface area contributed by atoms with Crippen LogP contribution in [0.15, 0.2) is 49.1 Å². The summed E-state index contributed by atoms with van der Waals surface area (Å²) in [5, 5.41) is 0. The van der Waals surface area contributed by atoms with E-state index < -0.39 is 23.8 Å². The van der Waals surface area contributed by atoms with Crippen LogP contribution >= 0.6 is 0 Å². The van der Waals surface area contributed by atoms with E-state index in [2.05, 4.69) is 10.9 Å². The lowest BCUT2D eigenvalue weighted by atomic mass is 10.2. The van der Waals surface area contributed by atoms with Crippen molar-refractivity contribution >= 4 is 23.8 Å². The summed E-state index contributed by atoms with van der Waals surface area (Å²) in [6.07, 6.45) is 6.18. The van der Waals surface area contributed by atoms with Gasteiger partial charge in [-0.05, 0) is 26.0 Å². The van der Waals surface area contributed by atoms with Gasteiger partial charge in [0.2, 0.25) is 13.1 Å². The molecule has 10 nitrogen and oxygen atoms in total. The van der Waals surface area contributed by atoms with Crippen LogP contribution < -0.4 is 20.0 Å². The third kappa shape index (κ3) is 6.97. The van der Waals surface area contributed by atoms with E-state index in [1.54, 1.807) is 50.5 Å². The van der Waals surface area contributed by atoms with Crippen molar-refractivity contribution in [1.29, 1.82) is 0 Å². The molecule has 2 aromatic rings. The molecule has 0 aliphatic rings. The predicted octanol–water partition coefficient (Wildman–Crippen LogP) is -0.537. The molecule has 2 heterocycles. The lowest BCUT2D eigenvalue weighted by Crippen LogP contribution is -2.45. The van der Waals surface area contributed by atoms with Crippen molar-refractivity contribution in [2.45, 2.75) is 26.9 Å². The van der Waals surface area contributed by atoms with Crippen LogP contribution in [0.5, 0.6) is 0 Å². The number of carbonyl (C=O) groups excluding carboxylic acids is 4. The van der Waals surface area contributed by atoms with E-state index in [4.69, 9.17) is 9.47 Å². The SMILES string of the molecule is CCOC(=O)C[n+]1cccc(C(=O)NNC(=O)c2ccc[n+](CC(=O)OCC)c2)c1. The topological polar surface area (TPSA) is 119 Å². The molecule has 0 unspecified atom stereocenters. The molecule has 0 bridgehead atoms. The fourth-order valence-electron chi connectivity index (χ4n) is 2.48. The van der Waals surface area contributed by atoms with Crippen molar-refractivity contribution in [2.24, 2.45) is 0 Å². The van der Waals surface area contributed by atoms with Crippen LogP contribution in [0.2, 0.25) is 0 Å². The van der Waals surface area contributed by atoms with Gasteiger partial charge >= 0.3 is 11.9 Å². The van der Waals surface area contributed by atoms with Gasteiger partial charge in [0.25, 0.3) is 11.8 Å². The third-order valence-corrected chi connectivity index (χ3v) is 3.76. The smallest absolute Gasteiger partial charge is 0.372 e. The zero-order valence-corrected chi connectivity index (χ0v) is 16.8. The Kier molecular flexibility index (Phi) is 8.42. The second kappa shape index (κ2) is 11.2. The number of hydrazine groups is 1. The van der Waals surface area contributed by atoms with Gasteiger partial charge in [-0.3, -0.25) is 20.4 Å². The predicted molar refractivity (Wildman–Crippen MR) is 101 cm³/mol. The molecule has 2 amide bonds. The number of amides is 2. The fourth-order valence-corrected chi connectivity index (χ4v) is 2.48. The molecule has 2 aromatic heterocycles. The minimum atomic E-state index is -0.558. The first-order valence-electron chi connectivity index (χ1n) is 9.33. The number of esters is 2. The first kappa shape index (κ1) is 22.5. The lowest BCUT2D eigenvalue weighted by Gasteiger charge is -2.07. The molecule has 30 heavy (non-hydrogen) atoms. The van der Waals surface area contributed by atoms with Crippen LogP contribution in [0.1, 0.15) is 34.6 Å². The van der Waals surface area contributed by atoms with Crippen molar-refractivity contribution in [2.75, 3.05) is 13.2 Å². The Balaban J connectivity index is 1.95. The van der Waals surface area contributed by atoms with E-state index >= 15 is 0 Å². The first-order chi connectivity index (χ1) is 14.4. The number of pyridine rings is 2. The first-order valence-corrected chi connectivity index (χ1v) is 9.33. The van der Waals surface area contributed by atoms with Gasteiger partial charge in [-0.2, -0.15) is 9.13 Å². The van der Waals surface area contributed by atoms with Crippen molar-refractivity contribution in [3.63, 3.8) is 0 Å². The summed E-state index contributed by atoms with van der Waals surface area (Å²) in [4.78, 5) is 47.7. The summed E-state index contributed by atoms with van der Waals surface area (Å²) < 4.78 is 12.8. The van der Waals surface area contributed by atoms with Gasteiger partial charge in [-0.1, -0.05) is 0 Å². The molecule has 0 atom stereocenters. The quantitative estimate of drug-likeness (QED) is 0.339. The summed E-state index contributed by atoms with van der Waals surface area (Å²) in [5.74, 6) is -1.96. The van der Waals surface area contributed by atoms with E-state index in [1.165, 1.54) is 21.5 Å². The minimum absolute atomic E-state index is 0.0359. The molecule has 0 saturated carbocycles. The van der Waals surface area contributed by atoms with Gasteiger partial charge in [0.1, 0.15) is 11.1 Å². The monoisotopic (exact) mass is 416 g/mol. The van der Waals surface area contributed by atoms with Crippen LogP contribution in [0, 0.1) is 0 Å². The highest BCUT2D eigenvalue weighted by atomic mass is 16.5. The highest BCUT2D eigenvalue weighted by Crippen LogP contribution is 1.96. The van der Waals surface area contributed by atoms with E-state index in [9.17, 15) is 19.2 Å². The van der Waals surface area contributed by atoms with Crippen LogP contribution in [-0.2, 0) is 32.2 Å². The second-order valence-electron chi connectivity index (χ2n) is 6.05. The lowest BCUT2D eigenvalue weighted by molar-refractivity contribution is -0.686. The molecule has 0 aromatic carbocycles. The number of nitrogens with zero attached hydrogens (tertiary/aromatic N) is 2. The summed E-state index contributed by atoms with van der Waals surface area (Å²) in [6.45, 7) is 3.88. The second-order valence-corrected chi connectivity index (χ2v) is 6.05. The standard InChI is InChI=1S/C20H22N4O6/c1-3-29-17(25)13-23-9-5-7-15(11-23)19(27)21-22-20(28)16-8-6-10-24(12-16)14-18(26)30-4-2/h5-12H,3-4,13-14H2,1-2H3/p+2. The molecule has 2 rings (SSSR count). The largest absolute Gasteiger partial charge is 0.461 e. The van der Waals surface area contributed by atoms with Crippen molar-refractivity contribution < 1.29 is 37.8 Å². The summed E-state index contributed by atoms with van der Waals surface area (Å²) in [7, 11) is 0. The maximum Gasteiger partial charge on any atom is 0.372 e. The van der Waals surface area contributed by atoms with Gasteiger partial charge in [-0.15, -0.1) is 0 Å². The van der Waals surface area contributed by atoms with E-state index in [-0.39, 0.29) is 37.4 Å². The molecule has 2 N–H and O–H groups in total. The van der Waals surface area contributed by atoms with Gasteiger partial charge in [-0.25, -0.2) is 9.59 Å². The minimum Gasteiger partial charge on any atom is -0.461 e. The van der Waals surface area contributed by atoms with Crippen molar-refractivity contribution in [3.8, 4) is 0 Å². The molecule has 0 spiro atoms. The number of aromatic nitrogens is 2. The molecule has 0 fully saturated rings. The molecule has 10 heteroatoms. The summed E-state index contributed by atoms with van der Waals surface area (Å²) in [6, 6.07) is 6.29. The number of hydrogen-bond acceptors (Lipinski definition) is 6. The van der Waals surface area contributed by atoms with Gasteiger partial charge in [0.05, 0.1) is 13.2 Å². The average Bonchev–Trinajstić information content (AvgIpc) is 2.72. The molecular formula is C20H24N4O6+2. The van der Waals surface area contributed by atoms with Crippen molar-refractivity contribution in [1.82, 2.24) is 10.9 Å². The zero-order valence-electron chi connectivity index (χ0n) is 16.8. The number of hydrogen-bond donors (Lipinski definition) is 2. The zero-order chi connectivity index (χ0) is 21.9. The van der Waals surface area contributed by atoms with Gasteiger partial charge in [0.15, 0.2) is 24.8 Å². The number of carbonyl (C=O) groups is 4. The number of ether oxygens (including phenoxy) is 2. The van der Waals surface area contributed by atoms with E-state index in [0.717, 1.165) is 0 Å². The summed E-state index contributed by atoms with van der Waals surface area (Å²) in [5.41, 5.74) is 5.12. The Morgan fingerprint density at radius 1 is 0.767 bits per heavy atom. The Bertz CT molecular complexity index is 856. The number of rotatable bonds is 8. The molecule has 0 saturated heterocycles. The van der Waals surface area contributed by atoms with Crippen LogP contribution in [-0.4, -0.2) is 37.0 Å². The van der Waals surface area contributed by atoms with E-state index in [0.29, 0.717) is 0 Å². The Morgan fingerprint density at radius 3 is 1.53 bits per heavy atom. The molecule has 0 aliphatic heterocycles. The maximum absolute atomic E-state index is 12.3. The van der Waals surface area contributed by atoms with Gasteiger partial charge < -0.3 is 9.47 Å². The fraction of sp³-hybridized carbons (Fsp3) is 0.300. The third-order valence-electron chi connectivity index (χ3n) is 3.76. The molecule has 0 radical (unpaired) electrons. The molecular weight excluding hydrogens is 392 g/mol.